The first-order chi connectivity index (χ1) is 15.2. The number of anilines is 1. The lowest BCUT2D eigenvalue weighted by Gasteiger charge is -2.20. The minimum atomic E-state index is -0.223. The lowest BCUT2D eigenvalue weighted by atomic mass is 10.2. The van der Waals surface area contributed by atoms with Crippen molar-refractivity contribution < 1.29 is 14.3 Å². The minimum Gasteiger partial charge on any atom is -0.484 e. The first-order valence-corrected chi connectivity index (χ1v) is 11.4. The topological polar surface area (TPSA) is 71.0 Å². The summed E-state index contributed by atoms with van der Waals surface area (Å²) in [5, 5.41) is 3.55. The van der Waals surface area contributed by atoms with Gasteiger partial charge in [-0.15, -0.1) is 0 Å². The maximum absolute atomic E-state index is 12.8. The zero-order chi connectivity index (χ0) is 23.3. The Morgan fingerprint density at radius 2 is 1.75 bits per heavy atom. The molecular formula is C25H29N3O3S. The van der Waals surface area contributed by atoms with Crippen LogP contribution in [0.4, 0.5) is 5.69 Å². The van der Waals surface area contributed by atoms with Crippen molar-refractivity contribution in [2.24, 2.45) is 4.99 Å². The molecule has 2 aromatic rings. The lowest BCUT2D eigenvalue weighted by molar-refractivity contribution is -0.123. The molecule has 32 heavy (non-hydrogen) atoms. The smallest absolute Gasteiger partial charge is 0.266 e. The Morgan fingerprint density at radius 3 is 2.34 bits per heavy atom. The Morgan fingerprint density at radius 1 is 1.09 bits per heavy atom. The second-order valence-electron chi connectivity index (χ2n) is 8.16. The van der Waals surface area contributed by atoms with Gasteiger partial charge in [0.1, 0.15) is 5.75 Å². The molecule has 0 bridgehead atoms. The Hall–Kier alpha value is -3.06. The van der Waals surface area contributed by atoms with Crippen LogP contribution in [0, 0.1) is 6.92 Å². The van der Waals surface area contributed by atoms with Gasteiger partial charge in [0.2, 0.25) is 0 Å². The number of nitrogens with zero attached hydrogens (tertiary/aromatic N) is 2. The van der Waals surface area contributed by atoms with Gasteiger partial charge in [0.05, 0.1) is 4.91 Å². The maximum atomic E-state index is 12.8. The summed E-state index contributed by atoms with van der Waals surface area (Å²) in [5.74, 6) is 0.332. The first kappa shape index (κ1) is 23.6. The van der Waals surface area contributed by atoms with E-state index in [0.29, 0.717) is 10.7 Å². The van der Waals surface area contributed by atoms with Gasteiger partial charge in [0, 0.05) is 17.8 Å². The number of carbonyl (C=O) groups is 2. The van der Waals surface area contributed by atoms with Gasteiger partial charge in [-0.1, -0.05) is 29.8 Å². The molecule has 168 valence electrons. The van der Waals surface area contributed by atoms with Crippen LogP contribution in [-0.2, 0) is 9.59 Å². The number of nitrogens with one attached hydrogen (secondary N) is 1. The molecule has 0 aliphatic carbocycles. The molecule has 2 aromatic carbocycles. The Balaban J connectivity index is 1.61. The molecule has 0 saturated carbocycles. The molecule has 0 spiro atoms. The summed E-state index contributed by atoms with van der Waals surface area (Å²) in [4.78, 5) is 31.9. The summed E-state index contributed by atoms with van der Waals surface area (Å²) in [7, 11) is 0. The summed E-state index contributed by atoms with van der Waals surface area (Å²) in [6.07, 6.45) is 1.86. The lowest BCUT2D eigenvalue weighted by Crippen LogP contribution is -2.35. The summed E-state index contributed by atoms with van der Waals surface area (Å²) in [6.45, 7) is 9.88. The molecule has 2 amide bonds. The molecule has 0 aromatic heterocycles. The third-order valence-electron chi connectivity index (χ3n) is 4.61. The van der Waals surface area contributed by atoms with Crippen LogP contribution < -0.4 is 10.1 Å². The number of aryl methyl sites for hydroxylation is 1. The van der Waals surface area contributed by atoms with Crippen LogP contribution in [0.1, 0.15) is 38.8 Å². The van der Waals surface area contributed by atoms with Crippen molar-refractivity contribution in [3.8, 4) is 5.75 Å². The molecule has 3 rings (SSSR count). The number of amidine groups is 1. The summed E-state index contributed by atoms with van der Waals surface area (Å²) in [5.41, 5.74) is 2.75. The van der Waals surface area contributed by atoms with E-state index >= 15 is 0 Å². The highest BCUT2D eigenvalue weighted by Gasteiger charge is 2.35. The molecular weight excluding hydrogens is 422 g/mol. The highest BCUT2D eigenvalue weighted by Crippen LogP contribution is 2.34. The van der Waals surface area contributed by atoms with E-state index in [4.69, 9.17) is 4.74 Å². The molecule has 0 radical (unpaired) electrons. The number of aliphatic imine (C=N–C) groups is 1. The third-order valence-corrected chi connectivity index (χ3v) is 5.60. The van der Waals surface area contributed by atoms with Gasteiger partial charge in [-0.05, 0) is 82.3 Å². The second-order valence-corrected chi connectivity index (χ2v) is 9.17. The van der Waals surface area contributed by atoms with Crippen LogP contribution in [0.25, 0.3) is 6.08 Å². The van der Waals surface area contributed by atoms with Crippen molar-refractivity contribution in [3.63, 3.8) is 0 Å². The quantitative estimate of drug-likeness (QED) is 0.595. The SMILES string of the molecule is Cc1ccc(NC(=O)COc2ccc(/C=C3/SC(=NC(C)C)N(C(C)C)C3=O)cc2)cc1. The molecule has 1 aliphatic rings. The molecule has 6 nitrogen and oxygen atoms in total. The summed E-state index contributed by atoms with van der Waals surface area (Å²) < 4.78 is 5.59. The van der Waals surface area contributed by atoms with E-state index in [-0.39, 0.29) is 30.5 Å². The van der Waals surface area contributed by atoms with Crippen LogP contribution in [0.15, 0.2) is 58.4 Å². The fraction of sp³-hybridized carbons (Fsp3) is 0.320. The van der Waals surface area contributed by atoms with E-state index in [2.05, 4.69) is 10.3 Å². The van der Waals surface area contributed by atoms with Crippen molar-refractivity contribution in [1.82, 2.24) is 4.90 Å². The zero-order valence-corrected chi connectivity index (χ0v) is 19.9. The van der Waals surface area contributed by atoms with E-state index in [9.17, 15) is 9.59 Å². The van der Waals surface area contributed by atoms with Gasteiger partial charge in [-0.2, -0.15) is 0 Å². The molecule has 1 aliphatic heterocycles. The molecule has 1 heterocycles. The average molecular weight is 452 g/mol. The predicted molar refractivity (Wildman–Crippen MR) is 132 cm³/mol. The highest BCUT2D eigenvalue weighted by molar-refractivity contribution is 8.18. The fourth-order valence-electron chi connectivity index (χ4n) is 3.05. The average Bonchev–Trinajstić information content (AvgIpc) is 3.03. The summed E-state index contributed by atoms with van der Waals surface area (Å²) >= 11 is 1.40. The van der Waals surface area contributed by atoms with Gasteiger partial charge in [-0.3, -0.25) is 19.5 Å². The fourth-order valence-corrected chi connectivity index (χ4v) is 4.28. The Bertz CT molecular complexity index is 1030. The number of hydrogen-bond acceptors (Lipinski definition) is 5. The van der Waals surface area contributed by atoms with Crippen molar-refractivity contribution >= 4 is 40.5 Å². The van der Waals surface area contributed by atoms with Crippen molar-refractivity contribution in [1.29, 1.82) is 0 Å². The molecule has 1 fully saturated rings. The number of amides is 2. The monoisotopic (exact) mass is 451 g/mol. The number of benzene rings is 2. The number of ether oxygens (including phenoxy) is 1. The highest BCUT2D eigenvalue weighted by atomic mass is 32.2. The van der Waals surface area contributed by atoms with E-state index in [0.717, 1.165) is 22.0 Å². The second kappa shape index (κ2) is 10.5. The Kier molecular flexibility index (Phi) is 7.75. The van der Waals surface area contributed by atoms with E-state index < -0.39 is 0 Å². The molecule has 0 atom stereocenters. The van der Waals surface area contributed by atoms with Gasteiger partial charge in [0.15, 0.2) is 11.8 Å². The van der Waals surface area contributed by atoms with E-state index in [1.54, 1.807) is 17.0 Å². The number of thioether (sulfide) groups is 1. The molecule has 1 N–H and O–H groups in total. The normalized spacial score (nSPS) is 16.5. The first-order valence-electron chi connectivity index (χ1n) is 10.6. The van der Waals surface area contributed by atoms with Crippen LogP contribution in [0.2, 0.25) is 0 Å². The van der Waals surface area contributed by atoms with Crippen molar-refractivity contribution in [2.75, 3.05) is 11.9 Å². The number of hydrogen-bond donors (Lipinski definition) is 1. The van der Waals surface area contributed by atoms with E-state index in [1.807, 2.05) is 77.1 Å². The van der Waals surface area contributed by atoms with Gasteiger partial charge >= 0.3 is 0 Å². The van der Waals surface area contributed by atoms with E-state index in [1.165, 1.54) is 11.8 Å². The third kappa shape index (κ3) is 6.23. The Labute approximate surface area is 193 Å². The van der Waals surface area contributed by atoms with Crippen LogP contribution in [-0.4, -0.2) is 40.6 Å². The summed E-state index contributed by atoms with van der Waals surface area (Å²) in [6, 6.07) is 15.1. The van der Waals surface area contributed by atoms with Gasteiger partial charge < -0.3 is 10.1 Å². The minimum absolute atomic E-state index is 0.0301. The van der Waals surface area contributed by atoms with Crippen LogP contribution >= 0.6 is 11.8 Å². The standard InChI is InChI=1S/C25H29N3O3S/c1-16(2)26-25-28(17(3)4)24(30)22(32-25)14-19-8-12-21(13-9-19)31-15-23(29)27-20-10-6-18(5)7-11-20/h6-14,16-17H,15H2,1-5H3,(H,27,29)/b22-14+,26-25?. The van der Waals surface area contributed by atoms with Crippen LogP contribution in [0.3, 0.4) is 0 Å². The van der Waals surface area contributed by atoms with Crippen LogP contribution in [0.5, 0.6) is 5.75 Å². The predicted octanol–water partition coefficient (Wildman–Crippen LogP) is 5.10. The molecule has 7 heteroatoms. The number of carbonyl (C=O) groups excluding carboxylic acids is 2. The van der Waals surface area contributed by atoms with Crippen molar-refractivity contribution in [3.05, 3.63) is 64.6 Å². The zero-order valence-electron chi connectivity index (χ0n) is 19.1. The van der Waals surface area contributed by atoms with Crippen molar-refractivity contribution in [2.45, 2.75) is 46.7 Å². The van der Waals surface area contributed by atoms with Gasteiger partial charge in [-0.25, -0.2) is 0 Å². The largest absolute Gasteiger partial charge is 0.484 e. The molecule has 1 saturated heterocycles. The van der Waals surface area contributed by atoms with Gasteiger partial charge in [0.25, 0.3) is 11.8 Å². The maximum Gasteiger partial charge on any atom is 0.266 e. The number of rotatable bonds is 7. The molecule has 0 unspecified atom stereocenters.